The normalized spacial score (nSPS) is 32.1. The highest BCUT2D eigenvalue weighted by molar-refractivity contribution is 4.94. The van der Waals surface area contributed by atoms with Gasteiger partial charge in [-0.15, -0.1) is 0 Å². The van der Waals surface area contributed by atoms with Gasteiger partial charge in [0.05, 0.1) is 0 Å². The minimum absolute atomic E-state index is 0.400. The van der Waals surface area contributed by atoms with Crippen LogP contribution in [0.2, 0.25) is 0 Å². The van der Waals surface area contributed by atoms with Crippen LogP contribution in [0.4, 0.5) is 0 Å². The van der Waals surface area contributed by atoms with Crippen molar-refractivity contribution in [1.29, 1.82) is 0 Å². The average molecular weight is 181 g/mol. The van der Waals surface area contributed by atoms with E-state index < -0.39 is 0 Å². The van der Waals surface area contributed by atoms with Gasteiger partial charge in [0.15, 0.2) is 0 Å². The van der Waals surface area contributed by atoms with E-state index in [1.54, 1.807) is 0 Å². The zero-order valence-electron chi connectivity index (χ0n) is 9.34. The standard InChI is InChI=1S/C12H23N/c1-12(2,3)13-9-5-8-11(13)10-6-4-7-10/h10-11H,4-9H2,1-3H3. The maximum absolute atomic E-state index is 2.75. The molecule has 0 N–H and O–H groups in total. The summed E-state index contributed by atoms with van der Waals surface area (Å²) in [5.74, 6) is 1.04. The van der Waals surface area contributed by atoms with Crippen LogP contribution in [0.15, 0.2) is 0 Å². The molecule has 76 valence electrons. The van der Waals surface area contributed by atoms with Crippen molar-refractivity contribution in [3.05, 3.63) is 0 Å². The molecule has 0 aromatic rings. The summed E-state index contributed by atoms with van der Waals surface area (Å²) in [4.78, 5) is 2.75. The summed E-state index contributed by atoms with van der Waals surface area (Å²) >= 11 is 0. The Labute approximate surface area is 82.5 Å². The number of rotatable bonds is 1. The van der Waals surface area contributed by atoms with Crippen LogP contribution in [0.5, 0.6) is 0 Å². The Hall–Kier alpha value is -0.0400. The largest absolute Gasteiger partial charge is 0.295 e. The van der Waals surface area contributed by atoms with Gasteiger partial charge >= 0.3 is 0 Å². The molecule has 1 heterocycles. The van der Waals surface area contributed by atoms with Crippen LogP contribution < -0.4 is 0 Å². The zero-order chi connectivity index (χ0) is 9.47. The molecular formula is C12H23N. The number of likely N-dealkylation sites (tertiary alicyclic amines) is 1. The molecule has 0 radical (unpaired) electrons. The fraction of sp³-hybridized carbons (Fsp3) is 1.00. The minimum atomic E-state index is 0.400. The van der Waals surface area contributed by atoms with E-state index in [2.05, 4.69) is 25.7 Å². The summed E-state index contributed by atoms with van der Waals surface area (Å²) < 4.78 is 0. The Kier molecular flexibility index (Phi) is 2.39. The van der Waals surface area contributed by atoms with Gasteiger partial charge in [-0.3, -0.25) is 4.90 Å². The van der Waals surface area contributed by atoms with Crippen LogP contribution in [0.3, 0.4) is 0 Å². The maximum Gasteiger partial charge on any atom is 0.0129 e. The molecule has 0 bridgehead atoms. The molecule has 1 atom stereocenters. The molecule has 1 saturated carbocycles. The monoisotopic (exact) mass is 181 g/mol. The lowest BCUT2D eigenvalue weighted by Crippen LogP contribution is -2.48. The van der Waals surface area contributed by atoms with Crippen molar-refractivity contribution in [2.75, 3.05) is 6.54 Å². The minimum Gasteiger partial charge on any atom is -0.295 e. The van der Waals surface area contributed by atoms with Gasteiger partial charge in [-0.1, -0.05) is 6.42 Å². The third-order valence-corrected chi connectivity index (χ3v) is 3.85. The van der Waals surface area contributed by atoms with Gasteiger partial charge in [0.1, 0.15) is 0 Å². The Balaban J connectivity index is 2.01. The first kappa shape index (κ1) is 9.51. The van der Waals surface area contributed by atoms with Crippen LogP contribution in [0, 0.1) is 5.92 Å². The van der Waals surface area contributed by atoms with Gasteiger partial charge in [-0.2, -0.15) is 0 Å². The lowest BCUT2D eigenvalue weighted by molar-refractivity contribution is 0.0581. The number of hydrogen-bond donors (Lipinski definition) is 0. The molecular weight excluding hydrogens is 158 g/mol. The van der Waals surface area contributed by atoms with Crippen LogP contribution >= 0.6 is 0 Å². The first-order chi connectivity index (χ1) is 6.09. The van der Waals surface area contributed by atoms with Gasteiger partial charge in [0.25, 0.3) is 0 Å². The van der Waals surface area contributed by atoms with Crippen molar-refractivity contribution in [2.45, 2.75) is 64.5 Å². The lowest BCUT2D eigenvalue weighted by Gasteiger charge is -2.43. The van der Waals surface area contributed by atoms with E-state index in [4.69, 9.17) is 0 Å². The van der Waals surface area contributed by atoms with Crippen LogP contribution in [0.25, 0.3) is 0 Å². The van der Waals surface area contributed by atoms with Gasteiger partial charge in [0.2, 0.25) is 0 Å². The highest BCUT2D eigenvalue weighted by atomic mass is 15.2. The topological polar surface area (TPSA) is 3.24 Å². The van der Waals surface area contributed by atoms with Crippen molar-refractivity contribution in [3.63, 3.8) is 0 Å². The van der Waals surface area contributed by atoms with Crippen molar-refractivity contribution in [3.8, 4) is 0 Å². The van der Waals surface area contributed by atoms with Gasteiger partial charge in [0, 0.05) is 11.6 Å². The average Bonchev–Trinajstić information content (AvgIpc) is 2.29. The predicted octanol–water partition coefficient (Wildman–Crippen LogP) is 3.05. The third kappa shape index (κ3) is 1.76. The number of nitrogens with zero attached hydrogens (tertiary/aromatic N) is 1. The summed E-state index contributed by atoms with van der Waals surface area (Å²) in [5, 5.41) is 0. The smallest absolute Gasteiger partial charge is 0.0129 e. The molecule has 1 aliphatic carbocycles. The maximum atomic E-state index is 2.75. The number of hydrogen-bond acceptors (Lipinski definition) is 1. The predicted molar refractivity (Wildman–Crippen MR) is 56.8 cm³/mol. The SMILES string of the molecule is CC(C)(C)N1CCCC1C1CCC1. The molecule has 2 fully saturated rings. The highest BCUT2D eigenvalue weighted by Gasteiger charge is 2.39. The second kappa shape index (κ2) is 3.27. The first-order valence-corrected chi connectivity index (χ1v) is 5.86. The van der Waals surface area contributed by atoms with E-state index in [0.29, 0.717) is 5.54 Å². The van der Waals surface area contributed by atoms with Crippen molar-refractivity contribution in [1.82, 2.24) is 4.90 Å². The molecule has 2 rings (SSSR count). The fourth-order valence-electron chi connectivity index (χ4n) is 2.94. The summed E-state index contributed by atoms with van der Waals surface area (Å²) in [7, 11) is 0. The molecule has 1 aliphatic heterocycles. The van der Waals surface area contributed by atoms with Gasteiger partial charge in [-0.25, -0.2) is 0 Å². The van der Waals surface area contributed by atoms with E-state index in [9.17, 15) is 0 Å². The molecule has 1 nitrogen and oxygen atoms in total. The van der Waals surface area contributed by atoms with E-state index in [1.807, 2.05) is 0 Å². The van der Waals surface area contributed by atoms with E-state index in [0.717, 1.165) is 12.0 Å². The van der Waals surface area contributed by atoms with Crippen molar-refractivity contribution in [2.24, 2.45) is 5.92 Å². The first-order valence-electron chi connectivity index (χ1n) is 5.86. The fourth-order valence-corrected chi connectivity index (χ4v) is 2.94. The Morgan fingerprint density at radius 2 is 1.69 bits per heavy atom. The summed E-state index contributed by atoms with van der Waals surface area (Å²) in [6.07, 6.45) is 7.37. The summed E-state index contributed by atoms with van der Waals surface area (Å²) in [6.45, 7) is 8.43. The zero-order valence-corrected chi connectivity index (χ0v) is 9.34. The van der Waals surface area contributed by atoms with Crippen LogP contribution in [0.1, 0.15) is 52.9 Å². The highest BCUT2D eigenvalue weighted by Crippen LogP contribution is 2.39. The molecule has 13 heavy (non-hydrogen) atoms. The van der Waals surface area contributed by atoms with E-state index in [-0.39, 0.29) is 0 Å². The molecule has 0 aromatic heterocycles. The van der Waals surface area contributed by atoms with E-state index >= 15 is 0 Å². The van der Waals surface area contributed by atoms with Crippen molar-refractivity contribution < 1.29 is 0 Å². The second-order valence-corrected chi connectivity index (χ2v) is 5.76. The Morgan fingerprint density at radius 1 is 1.00 bits per heavy atom. The van der Waals surface area contributed by atoms with E-state index in [1.165, 1.54) is 38.6 Å². The third-order valence-electron chi connectivity index (χ3n) is 3.85. The van der Waals surface area contributed by atoms with Crippen LogP contribution in [-0.4, -0.2) is 23.0 Å². The summed E-state index contributed by atoms with van der Waals surface area (Å²) in [6, 6.07) is 0.925. The molecule has 2 aliphatic rings. The lowest BCUT2D eigenvalue weighted by atomic mass is 9.78. The summed E-state index contributed by atoms with van der Waals surface area (Å²) in [5.41, 5.74) is 0.400. The Bertz CT molecular complexity index is 176. The van der Waals surface area contributed by atoms with Gasteiger partial charge < -0.3 is 0 Å². The van der Waals surface area contributed by atoms with Crippen molar-refractivity contribution >= 4 is 0 Å². The quantitative estimate of drug-likeness (QED) is 0.601. The Morgan fingerprint density at radius 3 is 2.15 bits per heavy atom. The molecule has 0 amide bonds. The molecule has 1 heteroatoms. The molecule has 1 unspecified atom stereocenters. The molecule has 1 saturated heterocycles. The second-order valence-electron chi connectivity index (χ2n) is 5.76. The molecule has 0 aromatic carbocycles. The van der Waals surface area contributed by atoms with Crippen LogP contribution in [-0.2, 0) is 0 Å². The van der Waals surface area contributed by atoms with Gasteiger partial charge in [-0.05, 0) is 58.9 Å². The molecule has 0 spiro atoms.